The number of hydrogen-bond donors (Lipinski definition) is 2. The van der Waals surface area contributed by atoms with Crippen LogP contribution in [0.4, 0.5) is 0 Å². The lowest BCUT2D eigenvalue weighted by molar-refractivity contribution is -0.150. The molecule has 2 rings (SSSR count). The van der Waals surface area contributed by atoms with E-state index < -0.39 is 17.9 Å². The number of aliphatic carboxylic acids is 2. The van der Waals surface area contributed by atoms with Gasteiger partial charge in [-0.15, -0.1) is 0 Å². The second kappa shape index (κ2) is 7.09. The van der Waals surface area contributed by atoms with Gasteiger partial charge >= 0.3 is 11.9 Å². The van der Waals surface area contributed by atoms with Gasteiger partial charge in [-0.3, -0.25) is 9.59 Å². The Morgan fingerprint density at radius 2 is 1.91 bits per heavy atom. The zero-order chi connectivity index (χ0) is 16.1. The lowest BCUT2D eigenvalue weighted by atomic mass is 9.90. The Kier molecular flexibility index (Phi) is 5.16. The van der Waals surface area contributed by atoms with Gasteiger partial charge in [0, 0.05) is 0 Å². The summed E-state index contributed by atoms with van der Waals surface area (Å²) in [5, 5.41) is 22.4. The fourth-order valence-corrected chi connectivity index (χ4v) is 3.09. The third kappa shape index (κ3) is 3.46. The fraction of sp³-hybridized carbons (Fsp3) is 0.250. The first-order chi connectivity index (χ1) is 10.5. The van der Waals surface area contributed by atoms with Crippen molar-refractivity contribution in [1.29, 1.82) is 0 Å². The van der Waals surface area contributed by atoms with Gasteiger partial charge in [0.15, 0.2) is 5.92 Å². The number of benzene rings is 1. The first-order valence-corrected chi connectivity index (χ1v) is 7.61. The molecule has 2 N–H and O–H groups in total. The highest BCUT2D eigenvalue weighted by atomic mass is 32.1. The quantitative estimate of drug-likeness (QED) is 0.766. The van der Waals surface area contributed by atoms with Crippen molar-refractivity contribution in [2.24, 2.45) is 0 Å². The summed E-state index contributed by atoms with van der Waals surface area (Å²) in [6.07, 6.45) is 1.22. The van der Waals surface area contributed by atoms with Gasteiger partial charge in [0.05, 0.1) is 7.11 Å². The predicted octanol–water partition coefficient (Wildman–Crippen LogP) is 2.79. The second-order valence-electron chi connectivity index (χ2n) is 4.77. The number of hydrogen-bond acceptors (Lipinski definition) is 4. The van der Waals surface area contributed by atoms with E-state index in [4.69, 9.17) is 4.74 Å². The molecular formula is C16H16O5S. The smallest absolute Gasteiger partial charge is 0.322 e. The average molecular weight is 320 g/mol. The summed E-state index contributed by atoms with van der Waals surface area (Å²) >= 11 is 1.59. The molecule has 0 aliphatic heterocycles. The van der Waals surface area contributed by atoms with Gasteiger partial charge in [-0.05, 0) is 52.4 Å². The zero-order valence-electron chi connectivity index (χ0n) is 12.0. The predicted molar refractivity (Wildman–Crippen MR) is 82.7 cm³/mol. The van der Waals surface area contributed by atoms with Gasteiger partial charge in [0.25, 0.3) is 0 Å². The van der Waals surface area contributed by atoms with Crippen LogP contribution in [0.1, 0.15) is 22.6 Å². The number of ether oxygens (including phenoxy) is 1. The lowest BCUT2D eigenvalue weighted by Crippen LogP contribution is -2.22. The Bertz CT molecular complexity index is 649. The van der Waals surface area contributed by atoms with Crippen LogP contribution in [0.15, 0.2) is 35.0 Å². The topological polar surface area (TPSA) is 83.8 Å². The third-order valence-corrected chi connectivity index (χ3v) is 4.17. The summed E-state index contributed by atoms with van der Waals surface area (Å²) < 4.78 is 5.28. The van der Waals surface area contributed by atoms with Crippen LogP contribution in [0.25, 0.3) is 0 Å². The van der Waals surface area contributed by atoms with Gasteiger partial charge in [0.1, 0.15) is 5.75 Å². The maximum Gasteiger partial charge on any atom is 0.322 e. The van der Waals surface area contributed by atoms with Gasteiger partial charge in [-0.25, -0.2) is 0 Å². The van der Waals surface area contributed by atoms with Crippen LogP contribution < -0.4 is 4.74 Å². The van der Waals surface area contributed by atoms with Crippen LogP contribution in [0.2, 0.25) is 0 Å². The van der Waals surface area contributed by atoms with E-state index in [0.29, 0.717) is 24.2 Å². The van der Waals surface area contributed by atoms with E-state index in [0.717, 1.165) is 5.56 Å². The molecule has 0 aliphatic carbocycles. The summed E-state index contributed by atoms with van der Waals surface area (Å²) in [5.74, 6) is -3.83. The number of rotatable bonds is 7. The van der Waals surface area contributed by atoms with Crippen LogP contribution in [0.5, 0.6) is 5.75 Å². The highest BCUT2D eigenvalue weighted by Gasteiger charge is 2.31. The van der Waals surface area contributed by atoms with Gasteiger partial charge in [-0.2, -0.15) is 11.3 Å². The number of carbonyl (C=O) groups is 2. The monoisotopic (exact) mass is 320 g/mol. The average Bonchev–Trinajstić information content (AvgIpc) is 2.98. The first-order valence-electron chi connectivity index (χ1n) is 6.67. The van der Waals surface area contributed by atoms with E-state index in [2.05, 4.69) is 0 Å². The van der Waals surface area contributed by atoms with E-state index in [-0.39, 0.29) is 5.56 Å². The molecule has 0 spiro atoms. The van der Waals surface area contributed by atoms with Gasteiger partial charge < -0.3 is 14.9 Å². The minimum absolute atomic E-state index is 0.273. The Labute approximate surface area is 131 Å². The van der Waals surface area contributed by atoms with Crippen molar-refractivity contribution >= 4 is 23.3 Å². The van der Waals surface area contributed by atoms with Crippen LogP contribution >= 0.6 is 11.3 Å². The molecule has 0 unspecified atom stereocenters. The standard InChI is InChI=1S/C16H16O5S/c1-21-13-4-2-3-12(14(15(17)18)16(19)20)11(13)6-5-10-7-8-22-9-10/h2-4,7-9,14H,5-6H2,1H3,(H,17,18)(H,19,20). The summed E-state index contributed by atoms with van der Waals surface area (Å²) in [7, 11) is 1.49. The lowest BCUT2D eigenvalue weighted by Gasteiger charge is -2.16. The number of carboxylic acids is 2. The number of thiophene rings is 1. The maximum atomic E-state index is 11.3. The van der Waals surface area contributed by atoms with E-state index in [9.17, 15) is 19.8 Å². The van der Waals surface area contributed by atoms with Crippen molar-refractivity contribution in [1.82, 2.24) is 0 Å². The van der Waals surface area contributed by atoms with E-state index in [1.165, 1.54) is 7.11 Å². The largest absolute Gasteiger partial charge is 0.496 e. The molecule has 5 nitrogen and oxygen atoms in total. The summed E-state index contributed by atoms with van der Waals surface area (Å²) in [6, 6.07) is 6.86. The van der Waals surface area contributed by atoms with E-state index in [1.54, 1.807) is 29.5 Å². The number of aryl methyl sites for hydroxylation is 1. The highest BCUT2D eigenvalue weighted by molar-refractivity contribution is 7.07. The molecule has 22 heavy (non-hydrogen) atoms. The summed E-state index contributed by atoms with van der Waals surface area (Å²) in [6.45, 7) is 0. The van der Waals surface area contributed by atoms with E-state index >= 15 is 0 Å². The molecule has 1 heterocycles. The molecule has 0 saturated carbocycles. The van der Waals surface area contributed by atoms with E-state index in [1.807, 2.05) is 16.8 Å². The van der Waals surface area contributed by atoms with Crippen molar-refractivity contribution in [2.45, 2.75) is 18.8 Å². The van der Waals surface area contributed by atoms with Crippen LogP contribution in [0, 0.1) is 0 Å². The Morgan fingerprint density at radius 3 is 2.45 bits per heavy atom. The Hall–Kier alpha value is -2.34. The maximum absolute atomic E-state index is 11.3. The van der Waals surface area contributed by atoms with Gasteiger partial charge in [0.2, 0.25) is 0 Å². The highest BCUT2D eigenvalue weighted by Crippen LogP contribution is 2.30. The fourth-order valence-electron chi connectivity index (χ4n) is 2.39. The molecule has 0 atom stereocenters. The van der Waals surface area contributed by atoms with Crippen molar-refractivity contribution in [3.8, 4) is 5.75 Å². The summed E-state index contributed by atoms with van der Waals surface area (Å²) in [5.41, 5.74) is 2.03. The normalized spacial score (nSPS) is 10.6. The van der Waals surface area contributed by atoms with Crippen LogP contribution in [-0.2, 0) is 22.4 Å². The molecule has 1 aromatic heterocycles. The molecule has 116 valence electrons. The third-order valence-electron chi connectivity index (χ3n) is 3.44. The minimum atomic E-state index is -1.59. The number of carboxylic acid groups (broad SMARTS) is 2. The molecule has 0 radical (unpaired) electrons. The molecule has 1 aromatic carbocycles. The summed E-state index contributed by atoms with van der Waals surface area (Å²) in [4.78, 5) is 22.6. The minimum Gasteiger partial charge on any atom is -0.496 e. The molecule has 0 amide bonds. The Balaban J connectivity index is 2.40. The second-order valence-corrected chi connectivity index (χ2v) is 5.55. The SMILES string of the molecule is COc1cccc(C(C(=O)O)C(=O)O)c1CCc1ccsc1. The first kappa shape index (κ1) is 16.0. The van der Waals surface area contributed by atoms with Crippen LogP contribution in [-0.4, -0.2) is 29.3 Å². The molecular weight excluding hydrogens is 304 g/mol. The van der Waals surface area contributed by atoms with Crippen molar-refractivity contribution in [3.63, 3.8) is 0 Å². The number of methoxy groups -OCH3 is 1. The van der Waals surface area contributed by atoms with Crippen molar-refractivity contribution in [3.05, 3.63) is 51.7 Å². The van der Waals surface area contributed by atoms with Crippen LogP contribution in [0.3, 0.4) is 0 Å². The molecule has 2 aromatic rings. The zero-order valence-corrected chi connectivity index (χ0v) is 12.8. The molecule has 6 heteroatoms. The van der Waals surface area contributed by atoms with Crippen molar-refractivity contribution in [2.75, 3.05) is 7.11 Å². The molecule has 0 aliphatic rings. The Morgan fingerprint density at radius 1 is 1.18 bits per heavy atom. The molecule has 0 fully saturated rings. The van der Waals surface area contributed by atoms with Crippen molar-refractivity contribution < 1.29 is 24.5 Å². The molecule has 0 bridgehead atoms. The molecule has 0 saturated heterocycles. The van der Waals surface area contributed by atoms with Gasteiger partial charge in [-0.1, -0.05) is 12.1 Å².